The maximum Gasteiger partial charge on any atom is 0.217 e. The fourth-order valence-electron chi connectivity index (χ4n) is 1.50. The van der Waals surface area contributed by atoms with Crippen molar-refractivity contribution in [2.75, 3.05) is 0 Å². The van der Waals surface area contributed by atoms with Crippen LogP contribution in [0, 0.1) is 6.08 Å². The molecule has 0 unspecified atom stereocenters. The van der Waals surface area contributed by atoms with Gasteiger partial charge in [-0.2, -0.15) is 8.42 Å². The van der Waals surface area contributed by atoms with Crippen LogP contribution < -0.4 is 0 Å². The van der Waals surface area contributed by atoms with Gasteiger partial charge in [0, 0.05) is 12.0 Å². The predicted octanol–water partition coefficient (Wildman–Crippen LogP) is 1.59. The van der Waals surface area contributed by atoms with Gasteiger partial charge in [-0.3, -0.25) is 0 Å². The van der Waals surface area contributed by atoms with Gasteiger partial charge in [0.2, 0.25) is 10.3 Å². The molecule has 0 atom stereocenters. The van der Waals surface area contributed by atoms with E-state index in [0.717, 1.165) is 0 Å². The van der Waals surface area contributed by atoms with E-state index in [1.165, 1.54) is 6.08 Å². The average Bonchev–Trinajstić information content (AvgIpc) is 2.30. The van der Waals surface area contributed by atoms with Crippen LogP contribution in [0.3, 0.4) is 0 Å². The number of phenolic OH excluding ortho intramolecular Hbond substituents is 1. The highest BCUT2D eigenvalue weighted by Crippen LogP contribution is 2.26. The summed E-state index contributed by atoms with van der Waals surface area (Å²) in [7, 11) is -2.22. The van der Waals surface area contributed by atoms with E-state index in [2.05, 4.69) is 6.08 Å². The van der Waals surface area contributed by atoms with Gasteiger partial charge in [-0.25, -0.2) is 0 Å². The molecule has 0 spiro atoms. The minimum atomic E-state index is -2.22. The van der Waals surface area contributed by atoms with Crippen LogP contribution >= 0.6 is 0 Å². The molecule has 0 heterocycles. The fraction of sp³-hybridized carbons (Fsp3) is 0.0833. The Morgan fingerprint density at radius 3 is 2.69 bits per heavy atom. The third kappa shape index (κ3) is 2.06. The summed E-state index contributed by atoms with van der Waals surface area (Å²) in [4.78, 5) is 0.303. The molecule has 1 aliphatic carbocycles. The molecule has 0 fully saturated rings. The lowest BCUT2D eigenvalue weighted by molar-refractivity contribution is 0.473. The lowest BCUT2D eigenvalue weighted by atomic mass is 9.99. The minimum absolute atomic E-state index is 0.118. The molecule has 1 aromatic rings. The van der Waals surface area contributed by atoms with Gasteiger partial charge in [0.25, 0.3) is 0 Å². The molecule has 2 rings (SSSR count). The molecule has 0 saturated carbocycles. The summed E-state index contributed by atoms with van der Waals surface area (Å²) in [5, 5.41) is 9.63. The van der Waals surface area contributed by atoms with Gasteiger partial charge < -0.3 is 5.11 Å². The van der Waals surface area contributed by atoms with Crippen molar-refractivity contribution < 1.29 is 13.5 Å². The van der Waals surface area contributed by atoms with E-state index in [0.29, 0.717) is 22.4 Å². The van der Waals surface area contributed by atoms with Crippen LogP contribution in [0.15, 0.2) is 36.4 Å². The molecule has 16 heavy (non-hydrogen) atoms. The molecular formula is C12H9O3S. The molecule has 0 aromatic heterocycles. The highest BCUT2D eigenvalue weighted by Gasteiger charge is 2.09. The second-order valence-electron chi connectivity index (χ2n) is 3.33. The molecule has 3 nitrogen and oxygen atoms in total. The van der Waals surface area contributed by atoms with E-state index in [9.17, 15) is 13.5 Å². The normalized spacial score (nSPS) is 14.8. The second kappa shape index (κ2) is 4.37. The Morgan fingerprint density at radius 1 is 1.25 bits per heavy atom. The van der Waals surface area contributed by atoms with E-state index in [1.807, 2.05) is 0 Å². The molecule has 0 aliphatic heterocycles. The molecule has 1 aliphatic rings. The van der Waals surface area contributed by atoms with Gasteiger partial charge in [-0.1, -0.05) is 24.3 Å². The molecule has 4 heteroatoms. The Morgan fingerprint density at radius 2 is 2.00 bits per heavy atom. The van der Waals surface area contributed by atoms with E-state index in [1.54, 1.807) is 30.3 Å². The Bertz CT molecular complexity index is 599. The number of hydrogen-bond donors (Lipinski definition) is 1. The van der Waals surface area contributed by atoms with Crippen molar-refractivity contribution in [1.29, 1.82) is 0 Å². The van der Waals surface area contributed by atoms with Crippen molar-refractivity contribution in [3.63, 3.8) is 0 Å². The molecule has 1 radical (unpaired) electrons. The molecule has 81 valence electrons. The van der Waals surface area contributed by atoms with Crippen molar-refractivity contribution >= 4 is 20.7 Å². The maximum atomic E-state index is 10.8. The molecule has 1 N–H and O–H groups in total. The number of benzene rings is 1. The van der Waals surface area contributed by atoms with Gasteiger partial charge in [0.1, 0.15) is 5.75 Å². The Hall–Kier alpha value is -1.81. The SMILES string of the molecule is O=S(=O)=C1C=C(c2ccccc2O)[C]=CC1. The summed E-state index contributed by atoms with van der Waals surface area (Å²) in [6.45, 7) is 0. The number of phenols is 1. The highest BCUT2D eigenvalue weighted by molar-refractivity contribution is 7.73. The monoisotopic (exact) mass is 233 g/mol. The molecule has 1 aromatic carbocycles. The fourth-order valence-corrected chi connectivity index (χ4v) is 1.93. The smallest absolute Gasteiger partial charge is 0.217 e. The lowest BCUT2D eigenvalue weighted by Gasteiger charge is -2.08. The summed E-state index contributed by atoms with van der Waals surface area (Å²) in [6, 6.07) is 6.77. The summed E-state index contributed by atoms with van der Waals surface area (Å²) in [5.74, 6) is 0.118. The number of hydrogen-bond acceptors (Lipinski definition) is 3. The quantitative estimate of drug-likeness (QED) is 0.749. The standard InChI is InChI=1S/C12H9O3S/c13-12-7-2-1-6-11(12)9-4-3-5-10(8-9)16(14)15/h1-3,6-8,13H,5H2. The molecular weight excluding hydrogens is 224 g/mol. The second-order valence-corrected chi connectivity index (χ2v) is 4.32. The van der Waals surface area contributed by atoms with Crippen molar-refractivity contribution in [3.8, 4) is 5.75 Å². The van der Waals surface area contributed by atoms with Crippen LogP contribution in [0.25, 0.3) is 5.57 Å². The summed E-state index contributed by atoms with van der Waals surface area (Å²) in [5.41, 5.74) is 1.17. The van der Waals surface area contributed by atoms with Gasteiger partial charge in [-0.05, 0) is 23.8 Å². The van der Waals surface area contributed by atoms with Gasteiger partial charge in [0.05, 0.1) is 4.86 Å². The van der Waals surface area contributed by atoms with Crippen molar-refractivity contribution in [3.05, 3.63) is 48.1 Å². The van der Waals surface area contributed by atoms with Crippen molar-refractivity contribution in [2.24, 2.45) is 0 Å². The van der Waals surface area contributed by atoms with E-state index in [-0.39, 0.29) is 5.75 Å². The van der Waals surface area contributed by atoms with Crippen LogP contribution in [-0.2, 0) is 10.3 Å². The summed E-state index contributed by atoms with van der Waals surface area (Å²) < 4.78 is 21.6. The molecule has 0 amide bonds. The zero-order valence-corrected chi connectivity index (χ0v) is 9.16. The Kier molecular flexibility index (Phi) is 2.92. The van der Waals surface area contributed by atoms with Gasteiger partial charge in [0.15, 0.2) is 0 Å². The van der Waals surface area contributed by atoms with E-state index >= 15 is 0 Å². The Balaban J connectivity index is 2.55. The Labute approximate surface area is 94.9 Å². The third-order valence-electron chi connectivity index (χ3n) is 2.27. The third-order valence-corrected chi connectivity index (χ3v) is 2.99. The minimum Gasteiger partial charge on any atom is -0.507 e. The first-order valence-electron chi connectivity index (χ1n) is 4.72. The van der Waals surface area contributed by atoms with E-state index in [4.69, 9.17) is 0 Å². The molecule has 0 bridgehead atoms. The zero-order valence-electron chi connectivity index (χ0n) is 8.34. The van der Waals surface area contributed by atoms with Crippen LogP contribution in [0.1, 0.15) is 12.0 Å². The maximum absolute atomic E-state index is 10.8. The van der Waals surface area contributed by atoms with Crippen LogP contribution in [0.5, 0.6) is 5.75 Å². The van der Waals surface area contributed by atoms with Crippen molar-refractivity contribution in [1.82, 2.24) is 0 Å². The van der Waals surface area contributed by atoms with Crippen molar-refractivity contribution in [2.45, 2.75) is 6.42 Å². The number of rotatable bonds is 1. The van der Waals surface area contributed by atoms with Gasteiger partial charge in [-0.15, -0.1) is 0 Å². The predicted molar refractivity (Wildman–Crippen MR) is 62.4 cm³/mol. The first-order valence-corrected chi connectivity index (χ1v) is 5.79. The van der Waals surface area contributed by atoms with Crippen LogP contribution in [0.4, 0.5) is 0 Å². The largest absolute Gasteiger partial charge is 0.507 e. The van der Waals surface area contributed by atoms with Gasteiger partial charge >= 0.3 is 0 Å². The van der Waals surface area contributed by atoms with Crippen LogP contribution in [0.2, 0.25) is 0 Å². The topological polar surface area (TPSA) is 54.4 Å². The highest BCUT2D eigenvalue weighted by atomic mass is 32.2. The number of para-hydroxylation sites is 1. The first-order chi connectivity index (χ1) is 7.68. The summed E-state index contributed by atoms with van der Waals surface area (Å²) >= 11 is 0. The first kappa shape index (κ1) is 10.7. The lowest BCUT2D eigenvalue weighted by Crippen LogP contribution is -1.99. The number of aromatic hydroxyl groups is 1. The number of allylic oxidation sites excluding steroid dienone is 4. The molecule has 0 saturated heterocycles. The van der Waals surface area contributed by atoms with Crippen LogP contribution in [-0.4, -0.2) is 18.4 Å². The van der Waals surface area contributed by atoms with E-state index < -0.39 is 10.3 Å². The summed E-state index contributed by atoms with van der Waals surface area (Å²) in [6.07, 6.45) is 6.47. The zero-order chi connectivity index (χ0) is 11.5. The average molecular weight is 233 g/mol.